The van der Waals surface area contributed by atoms with E-state index >= 15 is 0 Å². The fourth-order valence-electron chi connectivity index (χ4n) is 2.63. The van der Waals surface area contributed by atoms with Gasteiger partial charge in [0.25, 0.3) is 0 Å². The van der Waals surface area contributed by atoms with Crippen molar-refractivity contribution in [1.29, 1.82) is 0 Å². The number of ether oxygens (including phenoxy) is 1. The molecule has 0 radical (unpaired) electrons. The quantitative estimate of drug-likeness (QED) is 0.674. The summed E-state index contributed by atoms with van der Waals surface area (Å²) in [4.78, 5) is 2.58. The van der Waals surface area contributed by atoms with Gasteiger partial charge in [-0.05, 0) is 32.1 Å². The molecule has 0 aromatic heterocycles. The predicted octanol–water partition coefficient (Wildman–Crippen LogP) is 3.70. The molecule has 1 aliphatic rings. The molecule has 0 aromatic rings. The van der Waals surface area contributed by atoms with Gasteiger partial charge in [0.1, 0.15) is 0 Å². The summed E-state index contributed by atoms with van der Waals surface area (Å²) in [6.07, 6.45) is 7.23. The van der Waals surface area contributed by atoms with Crippen LogP contribution in [-0.2, 0) is 4.74 Å². The number of piperidine rings is 1. The van der Waals surface area contributed by atoms with Gasteiger partial charge in [-0.3, -0.25) is 0 Å². The van der Waals surface area contributed by atoms with Gasteiger partial charge in [-0.2, -0.15) is 0 Å². The van der Waals surface area contributed by atoms with E-state index in [0.717, 1.165) is 5.92 Å². The monoisotopic (exact) mass is 241 g/mol. The third-order valence-corrected chi connectivity index (χ3v) is 3.55. The first-order valence-electron chi connectivity index (χ1n) is 7.49. The van der Waals surface area contributed by atoms with E-state index in [0.29, 0.717) is 12.2 Å². The number of rotatable bonds is 7. The maximum Gasteiger partial charge on any atom is 0.0603 e. The molecule has 0 spiro atoms. The highest BCUT2D eigenvalue weighted by Gasteiger charge is 2.21. The summed E-state index contributed by atoms with van der Waals surface area (Å²) in [5, 5.41) is 0. The molecule has 0 aliphatic carbocycles. The minimum Gasteiger partial charge on any atom is -0.375 e. The first-order chi connectivity index (χ1) is 8.11. The molecule has 0 saturated carbocycles. The van der Waals surface area contributed by atoms with Crippen molar-refractivity contribution in [2.45, 2.75) is 72.0 Å². The summed E-state index contributed by atoms with van der Waals surface area (Å²) in [5.74, 6) is 0.788. The average Bonchev–Trinajstić information content (AvgIpc) is 2.28. The van der Waals surface area contributed by atoms with Gasteiger partial charge >= 0.3 is 0 Å². The van der Waals surface area contributed by atoms with Crippen molar-refractivity contribution in [3.05, 3.63) is 0 Å². The second-order valence-corrected chi connectivity index (χ2v) is 5.98. The summed E-state index contributed by atoms with van der Waals surface area (Å²) in [6.45, 7) is 12.8. The smallest absolute Gasteiger partial charge is 0.0603 e. The summed E-state index contributed by atoms with van der Waals surface area (Å²) >= 11 is 0. The van der Waals surface area contributed by atoms with Crippen molar-refractivity contribution >= 4 is 0 Å². The number of hydrogen-bond acceptors (Lipinski definition) is 2. The van der Waals surface area contributed by atoms with Crippen LogP contribution in [0.5, 0.6) is 0 Å². The van der Waals surface area contributed by atoms with Crippen LogP contribution < -0.4 is 0 Å². The molecule has 1 atom stereocenters. The molecule has 1 fully saturated rings. The average molecular weight is 241 g/mol. The molecule has 0 N–H and O–H groups in total. The van der Waals surface area contributed by atoms with E-state index in [1.807, 2.05) is 0 Å². The van der Waals surface area contributed by atoms with E-state index in [4.69, 9.17) is 4.74 Å². The van der Waals surface area contributed by atoms with Gasteiger partial charge in [-0.25, -0.2) is 0 Å². The zero-order chi connectivity index (χ0) is 12.7. The van der Waals surface area contributed by atoms with E-state index in [-0.39, 0.29) is 0 Å². The molecule has 1 saturated heterocycles. The molecule has 2 nitrogen and oxygen atoms in total. The van der Waals surface area contributed by atoms with Crippen molar-refractivity contribution in [2.75, 3.05) is 19.6 Å². The first-order valence-corrected chi connectivity index (χ1v) is 7.49. The Kier molecular flexibility index (Phi) is 7.14. The number of unbranched alkanes of at least 4 members (excludes halogenated alkanes) is 1. The Labute approximate surface area is 108 Å². The predicted molar refractivity (Wildman–Crippen MR) is 74.4 cm³/mol. The molecular weight excluding hydrogens is 210 g/mol. The van der Waals surface area contributed by atoms with Gasteiger partial charge in [-0.15, -0.1) is 0 Å². The number of likely N-dealkylation sites (tertiary alicyclic amines) is 1. The highest BCUT2D eigenvalue weighted by Crippen LogP contribution is 2.18. The Morgan fingerprint density at radius 3 is 2.35 bits per heavy atom. The Morgan fingerprint density at radius 1 is 1.18 bits per heavy atom. The SMILES string of the molecule is CCCC[C@H](C)OC1CCN(CC(C)C)CC1. The molecule has 0 amide bonds. The second kappa shape index (κ2) is 8.10. The minimum atomic E-state index is 0.455. The number of nitrogens with zero attached hydrogens (tertiary/aromatic N) is 1. The topological polar surface area (TPSA) is 12.5 Å². The molecule has 1 aliphatic heterocycles. The van der Waals surface area contributed by atoms with Crippen LogP contribution in [-0.4, -0.2) is 36.7 Å². The van der Waals surface area contributed by atoms with E-state index < -0.39 is 0 Å². The molecule has 1 rings (SSSR count). The normalized spacial score (nSPS) is 21.0. The highest BCUT2D eigenvalue weighted by molar-refractivity contribution is 4.74. The third kappa shape index (κ3) is 6.42. The minimum absolute atomic E-state index is 0.455. The Balaban J connectivity index is 2.14. The van der Waals surface area contributed by atoms with E-state index in [1.165, 1.54) is 51.7 Å². The Bertz CT molecular complexity index is 185. The zero-order valence-electron chi connectivity index (χ0n) is 12.2. The molecule has 1 heterocycles. The standard InChI is InChI=1S/C15H31NO/c1-5-6-7-14(4)17-15-8-10-16(11-9-15)12-13(2)3/h13-15H,5-12H2,1-4H3/t14-/m0/s1. The zero-order valence-corrected chi connectivity index (χ0v) is 12.2. The molecule has 102 valence electrons. The maximum absolute atomic E-state index is 6.12. The third-order valence-electron chi connectivity index (χ3n) is 3.55. The Hall–Kier alpha value is -0.0800. The molecule has 0 unspecified atom stereocenters. The highest BCUT2D eigenvalue weighted by atomic mass is 16.5. The lowest BCUT2D eigenvalue weighted by molar-refractivity contribution is -0.0392. The van der Waals surface area contributed by atoms with Crippen LogP contribution in [0.3, 0.4) is 0 Å². The number of hydrogen-bond donors (Lipinski definition) is 0. The summed E-state index contributed by atoms with van der Waals surface area (Å²) < 4.78 is 6.12. The first kappa shape index (κ1) is 15.0. The van der Waals surface area contributed by atoms with Crippen molar-refractivity contribution < 1.29 is 4.74 Å². The van der Waals surface area contributed by atoms with Crippen LogP contribution >= 0.6 is 0 Å². The summed E-state index contributed by atoms with van der Waals surface area (Å²) in [6, 6.07) is 0. The van der Waals surface area contributed by atoms with Crippen molar-refractivity contribution in [1.82, 2.24) is 4.90 Å². The van der Waals surface area contributed by atoms with Gasteiger partial charge in [-0.1, -0.05) is 33.6 Å². The van der Waals surface area contributed by atoms with Crippen molar-refractivity contribution in [3.8, 4) is 0 Å². The van der Waals surface area contributed by atoms with Crippen LogP contribution in [0.25, 0.3) is 0 Å². The second-order valence-electron chi connectivity index (χ2n) is 5.98. The largest absolute Gasteiger partial charge is 0.375 e. The van der Waals surface area contributed by atoms with E-state index in [2.05, 4.69) is 32.6 Å². The molecule has 0 aromatic carbocycles. The lowest BCUT2D eigenvalue weighted by atomic mass is 10.1. The van der Waals surface area contributed by atoms with Crippen LogP contribution in [0.2, 0.25) is 0 Å². The van der Waals surface area contributed by atoms with E-state index in [9.17, 15) is 0 Å². The van der Waals surface area contributed by atoms with Gasteiger partial charge < -0.3 is 9.64 Å². The van der Waals surface area contributed by atoms with Gasteiger partial charge in [0.15, 0.2) is 0 Å². The van der Waals surface area contributed by atoms with Crippen LogP contribution in [0, 0.1) is 5.92 Å². The summed E-state index contributed by atoms with van der Waals surface area (Å²) in [5.41, 5.74) is 0. The summed E-state index contributed by atoms with van der Waals surface area (Å²) in [7, 11) is 0. The molecule has 2 heteroatoms. The van der Waals surface area contributed by atoms with Gasteiger partial charge in [0.2, 0.25) is 0 Å². The van der Waals surface area contributed by atoms with Crippen LogP contribution in [0.15, 0.2) is 0 Å². The molecular formula is C15H31NO. The molecule has 17 heavy (non-hydrogen) atoms. The van der Waals surface area contributed by atoms with Gasteiger partial charge in [0, 0.05) is 19.6 Å². The van der Waals surface area contributed by atoms with Crippen molar-refractivity contribution in [2.24, 2.45) is 5.92 Å². The Morgan fingerprint density at radius 2 is 1.82 bits per heavy atom. The molecule has 0 bridgehead atoms. The fraction of sp³-hybridized carbons (Fsp3) is 1.00. The fourth-order valence-corrected chi connectivity index (χ4v) is 2.63. The van der Waals surface area contributed by atoms with E-state index in [1.54, 1.807) is 0 Å². The van der Waals surface area contributed by atoms with Crippen LogP contribution in [0.4, 0.5) is 0 Å². The lowest BCUT2D eigenvalue weighted by Gasteiger charge is -2.34. The lowest BCUT2D eigenvalue weighted by Crippen LogP contribution is -2.39. The van der Waals surface area contributed by atoms with Crippen molar-refractivity contribution in [3.63, 3.8) is 0 Å². The van der Waals surface area contributed by atoms with Gasteiger partial charge in [0.05, 0.1) is 12.2 Å². The maximum atomic E-state index is 6.12. The van der Waals surface area contributed by atoms with Crippen LogP contribution in [0.1, 0.15) is 59.8 Å².